The number of likely N-dealkylation sites (tertiary alicyclic amines) is 1. The molecule has 5 nitrogen and oxygen atoms in total. The number of hydrogen-bond donors (Lipinski definition) is 1. The van der Waals surface area contributed by atoms with E-state index in [0.29, 0.717) is 17.9 Å². The Balaban J connectivity index is 1.78. The van der Waals surface area contributed by atoms with Crippen LogP contribution in [0.2, 0.25) is 0 Å². The van der Waals surface area contributed by atoms with Crippen LogP contribution in [0.5, 0.6) is 5.75 Å². The first-order valence-corrected chi connectivity index (χ1v) is 11.9. The fourth-order valence-electron chi connectivity index (χ4n) is 3.90. The van der Waals surface area contributed by atoms with E-state index in [1.807, 2.05) is 61.5 Å². The van der Waals surface area contributed by atoms with Crippen LogP contribution in [0, 0.1) is 3.57 Å². The van der Waals surface area contributed by atoms with Crippen LogP contribution in [0.3, 0.4) is 0 Å². The highest BCUT2D eigenvalue weighted by molar-refractivity contribution is 14.1. The Bertz CT molecular complexity index is 1170. The van der Waals surface area contributed by atoms with E-state index in [0.717, 1.165) is 21.1 Å². The van der Waals surface area contributed by atoms with Crippen LogP contribution in [0.15, 0.2) is 84.4 Å². The van der Waals surface area contributed by atoms with Crippen LogP contribution in [-0.2, 0) is 16.1 Å². The number of amides is 1. The molecule has 33 heavy (non-hydrogen) atoms. The summed E-state index contributed by atoms with van der Waals surface area (Å²) < 4.78 is 6.65. The maximum atomic E-state index is 13.1. The van der Waals surface area contributed by atoms with Gasteiger partial charge in [0.1, 0.15) is 11.5 Å². The Labute approximate surface area is 206 Å². The maximum Gasteiger partial charge on any atom is 0.295 e. The molecule has 1 fully saturated rings. The van der Waals surface area contributed by atoms with Crippen molar-refractivity contribution >= 4 is 40.0 Å². The number of hydrogen-bond acceptors (Lipinski definition) is 4. The van der Waals surface area contributed by atoms with Crippen LogP contribution < -0.4 is 4.74 Å². The zero-order chi connectivity index (χ0) is 23.4. The lowest BCUT2D eigenvalue weighted by molar-refractivity contribution is -0.140. The van der Waals surface area contributed by atoms with Crippen molar-refractivity contribution in [2.24, 2.45) is 0 Å². The van der Waals surface area contributed by atoms with Crippen molar-refractivity contribution in [2.75, 3.05) is 6.61 Å². The summed E-state index contributed by atoms with van der Waals surface area (Å²) in [5.41, 5.74) is 2.24. The van der Waals surface area contributed by atoms with Gasteiger partial charge in [0.25, 0.3) is 11.7 Å². The molecule has 0 saturated carbocycles. The third-order valence-electron chi connectivity index (χ3n) is 5.52. The number of carbonyl (C=O) groups excluding carboxylic acids is 2. The van der Waals surface area contributed by atoms with Crippen molar-refractivity contribution < 1.29 is 19.4 Å². The minimum atomic E-state index is -0.682. The van der Waals surface area contributed by atoms with Gasteiger partial charge in [0.2, 0.25) is 0 Å². The van der Waals surface area contributed by atoms with Crippen LogP contribution in [0.4, 0.5) is 0 Å². The van der Waals surface area contributed by atoms with Crippen molar-refractivity contribution in [2.45, 2.75) is 25.9 Å². The topological polar surface area (TPSA) is 66.8 Å². The van der Waals surface area contributed by atoms with Gasteiger partial charge in [-0.2, -0.15) is 0 Å². The summed E-state index contributed by atoms with van der Waals surface area (Å²) in [4.78, 5) is 27.8. The number of halogens is 1. The Morgan fingerprint density at radius 3 is 2.27 bits per heavy atom. The van der Waals surface area contributed by atoms with Gasteiger partial charge in [0, 0.05) is 15.7 Å². The zero-order valence-corrected chi connectivity index (χ0v) is 20.4. The highest BCUT2D eigenvalue weighted by Crippen LogP contribution is 2.40. The Morgan fingerprint density at radius 2 is 1.64 bits per heavy atom. The van der Waals surface area contributed by atoms with Crippen LogP contribution in [0.25, 0.3) is 5.76 Å². The summed E-state index contributed by atoms with van der Waals surface area (Å²) in [5.74, 6) is -0.799. The Hall–Kier alpha value is -3.13. The minimum absolute atomic E-state index is 0.0966. The molecule has 1 unspecified atom stereocenters. The third kappa shape index (κ3) is 4.95. The molecule has 0 bridgehead atoms. The molecule has 1 heterocycles. The van der Waals surface area contributed by atoms with E-state index < -0.39 is 17.7 Å². The second-order valence-corrected chi connectivity index (χ2v) is 9.08. The fraction of sp³-hybridized carbons (Fsp3) is 0.185. The first-order valence-electron chi connectivity index (χ1n) is 10.8. The predicted molar refractivity (Wildman–Crippen MR) is 136 cm³/mol. The fourth-order valence-corrected chi connectivity index (χ4v) is 4.26. The highest BCUT2D eigenvalue weighted by Gasteiger charge is 2.46. The first kappa shape index (κ1) is 23.0. The Kier molecular flexibility index (Phi) is 7.13. The number of carbonyl (C=O) groups is 2. The van der Waals surface area contributed by atoms with Gasteiger partial charge in [-0.3, -0.25) is 9.59 Å². The lowest BCUT2D eigenvalue weighted by Gasteiger charge is -2.25. The summed E-state index contributed by atoms with van der Waals surface area (Å²) in [5, 5.41) is 11.2. The van der Waals surface area contributed by atoms with Crippen molar-refractivity contribution in [3.05, 3.63) is 105 Å². The second-order valence-electron chi connectivity index (χ2n) is 7.84. The standard InChI is InChI=1S/C27H24INO4/c1-2-16-33-22-14-10-20(11-15-22)25(30)23-24(19-8-12-21(28)13-9-19)29(27(32)26(23)31)17-18-6-4-3-5-7-18/h3-15,24,30H,2,16-17H2,1H3/b25-23+. The molecule has 6 heteroatoms. The van der Waals surface area contributed by atoms with E-state index >= 15 is 0 Å². The number of benzene rings is 3. The molecular formula is C27H24INO4. The van der Waals surface area contributed by atoms with Crippen LogP contribution in [-0.4, -0.2) is 28.3 Å². The van der Waals surface area contributed by atoms with Gasteiger partial charge < -0.3 is 14.7 Å². The quantitative estimate of drug-likeness (QED) is 0.177. The van der Waals surface area contributed by atoms with Gasteiger partial charge in [-0.15, -0.1) is 0 Å². The monoisotopic (exact) mass is 553 g/mol. The normalized spacial score (nSPS) is 17.4. The molecule has 1 saturated heterocycles. The van der Waals surface area contributed by atoms with Crippen LogP contribution >= 0.6 is 22.6 Å². The molecule has 3 aromatic carbocycles. The van der Waals surface area contributed by atoms with E-state index in [1.165, 1.54) is 4.90 Å². The lowest BCUT2D eigenvalue weighted by Crippen LogP contribution is -2.29. The largest absolute Gasteiger partial charge is 0.507 e. The molecule has 0 aromatic heterocycles. The van der Waals surface area contributed by atoms with Crippen molar-refractivity contribution in [3.8, 4) is 5.75 Å². The van der Waals surface area contributed by atoms with E-state index in [4.69, 9.17) is 4.74 Å². The molecule has 0 spiro atoms. The van der Waals surface area contributed by atoms with Gasteiger partial charge in [0.05, 0.1) is 18.2 Å². The molecule has 0 aliphatic carbocycles. The van der Waals surface area contributed by atoms with Crippen molar-refractivity contribution in [1.29, 1.82) is 0 Å². The van der Waals surface area contributed by atoms with E-state index in [1.54, 1.807) is 24.3 Å². The SMILES string of the molecule is CCCOc1ccc(/C(O)=C2\C(=O)C(=O)N(Cc3ccccc3)C2c2ccc(I)cc2)cc1. The van der Waals surface area contributed by atoms with Gasteiger partial charge in [-0.25, -0.2) is 0 Å². The second kappa shape index (κ2) is 10.2. The zero-order valence-electron chi connectivity index (χ0n) is 18.2. The van der Waals surface area contributed by atoms with Gasteiger partial charge in [-0.05, 0) is 76.5 Å². The molecule has 1 atom stereocenters. The molecule has 3 aromatic rings. The average molecular weight is 553 g/mol. The van der Waals surface area contributed by atoms with E-state index in [2.05, 4.69) is 22.6 Å². The Morgan fingerprint density at radius 1 is 0.970 bits per heavy atom. The molecular weight excluding hydrogens is 529 g/mol. The lowest BCUT2D eigenvalue weighted by atomic mass is 9.95. The molecule has 1 amide bonds. The molecule has 0 radical (unpaired) electrons. The summed E-state index contributed by atoms with van der Waals surface area (Å²) in [6, 6.07) is 23.4. The molecule has 1 aliphatic heterocycles. The van der Waals surface area contributed by atoms with E-state index in [-0.39, 0.29) is 17.9 Å². The number of nitrogens with zero attached hydrogens (tertiary/aromatic N) is 1. The number of ether oxygens (including phenoxy) is 1. The summed E-state index contributed by atoms with van der Waals surface area (Å²) in [6.07, 6.45) is 0.891. The molecule has 1 aliphatic rings. The predicted octanol–water partition coefficient (Wildman–Crippen LogP) is 5.70. The number of ketones is 1. The van der Waals surface area contributed by atoms with Crippen LogP contribution in [0.1, 0.15) is 36.1 Å². The van der Waals surface area contributed by atoms with Gasteiger partial charge in [0.15, 0.2) is 0 Å². The minimum Gasteiger partial charge on any atom is -0.507 e. The summed E-state index contributed by atoms with van der Waals surface area (Å²) in [7, 11) is 0. The number of rotatable bonds is 7. The molecule has 4 rings (SSSR count). The van der Waals surface area contributed by atoms with Crippen molar-refractivity contribution in [3.63, 3.8) is 0 Å². The van der Waals surface area contributed by atoms with Gasteiger partial charge in [-0.1, -0.05) is 49.4 Å². The molecule has 1 N–H and O–H groups in total. The molecule has 168 valence electrons. The van der Waals surface area contributed by atoms with E-state index in [9.17, 15) is 14.7 Å². The summed E-state index contributed by atoms with van der Waals surface area (Å²) in [6.45, 7) is 2.89. The third-order valence-corrected chi connectivity index (χ3v) is 6.24. The van der Waals surface area contributed by atoms with Gasteiger partial charge >= 0.3 is 0 Å². The first-order chi connectivity index (χ1) is 16.0. The average Bonchev–Trinajstić information content (AvgIpc) is 3.08. The smallest absolute Gasteiger partial charge is 0.295 e. The number of aliphatic hydroxyl groups excluding tert-OH is 1. The highest BCUT2D eigenvalue weighted by atomic mass is 127. The summed E-state index contributed by atoms with van der Waals surface area (Å²) >= 11 is 2.21. The van der Waals surface area contributed by atoms with Crippen molar-refractivity contribution in [1.82, 2.24) is 4.90 Å². The number of aliphatic hydroxyl groups is 1. The maximum absolute atomic E-state index is 13.1. The number of Topliss-reactive ketones (excluding diaryl/α,β-unsaturated/α-hetero) is 1.